The molecule has 18 heavy (non-hydrogen) atoms. The third kappa shape index (κ3) is 1.72. The van der Waals surface area contributed by atoms with E-state index in [-0.39, 0.29) is 5.82 Å². The van der Waals surface area contributed by atoms with Crippen molar-refractivity contribution < 1.29 is 13.7 Å². The van der Waals surface area contributed by atoms with Gasteiger partial charge >= 0.3 is 0 Å². The number of nitrogens with zero attached hydrogens (tertiary/aromatic N) is 1. The van der Waals surface area contributed by atoms with Crippen LogP contribution < -0.4 is 4.74 Å². The number of ether oxygens (including phenoxy) is 1. The summed E-state index contributed by atoms with van der Waals surface area (Å²) >= 11 is 0. The number of halogens is 1. The van der Waals surface area contributed by atoms with Crippen molar-refractivity contribution >= 4 is 11.0 Å². The molecular weight excluding hydrogens is 233 g/mol. The summed E-state index contributed by atoms with van der Waals surface area (Å²) in [6.45, 7) is 0. The molecule has 0 bridgehead atoms. The van der Waals surface area contributed by atoms with Gasteiger partial charge < -0.3 is 9.26 Å². The first-order chi connectivity index (χ1) is 8.78. The van der Waals surface area contributed by atoms with E-state index < -0.39 is 0 Å². The zero-order valence-electron chi connectivity index (χ0n) is 9.68. The molecule has 0 amide bonds. The lowest BCUT2D eigenvalue weighted by atomic mass is 10.1. The summed E-state index contributed by atoms with van der Waals surface area (Å²) in [5.74, 6) is 0.404. The topological polar surface area (TPSA) is 35.3 Å². The van der Waals surface area contributed by atoms with Crippen LogP contribution >= 0.6 is 0 Å². The number of aromatic nitrogens is 1. The normalized spacial score (nSPS) is 10.8. The quantitative estimate of drug-likeness (QED) is 0.689. The largest absolute Gasteiger partial charge is 0.497 e. The van der Waals surface area contributed by atoms with Crippen molar-refractivity contribution in [1.29, 1.82) is 0 Å². The Balaban J connectivity index is 2.19. The summed E-state index contributed by atoms with van der Waals surface area (Å²) in [7, 11) is 1.61. The minimum Gasteiger partial charge on any atom is -0.497 e. The first-order valence-electron chi connectivity index (χ1n) is 5.47. The van der Waals surface area contributed by atoms with Crippen molar-refractivity contribution in [2.45, 2.75) is 0 Å². The molecule has 0 radical (unpaired) electrons. The van der Waals surface area contributed by atoms with E-state index in [4.69, 9.17) is 9.26 Å². The third-order valence-electron chi connectivity index (χ3n) is 2.78. The van der Waals surface area contributed by atoms with Crippen molar-refractivity contribution in [2.75, 3.05) is 7.11 Å². The fourth-order valence-electron chi connectivity index (χ4n) is 1.89. The van der Waals surface area contributed by atoms with Crippen molar-refractivity contribution in [3.8, 4) is 17.0 Å². The fraction of sp³-hybridized carbons (Fsp3) is 0.0714. The average Bonchev–Trinajstić information content (AvgIpc) is 2.81. The molecule has 0 aliphatic rings. The van der Waals surface area contributed by atoms with Crippen LogP contribution in [0.25, 0.3) is 22.2 Å². The standard InChI is InChI=1S/C14H10FNO2/c1-17-11-4-2-3-9(7-11)14-12-6-5-10(15)8-13(12)18-16-14/h2-8H,1H3. The van der Waals surface area contributed by atoms with Gasteiger partial charge in [-0.1, -0.05) is 17.3 Å². The Kier molecular flexibility index (Phi) is 2.48. The van der Waals surface area contributed by atoms with E-state index in [9.17, 15) is 4.39 Å². The van der Waals surface area contributed by atoms with Gasteiger partial charge in [0.05, 0.1) is 7.11 Å². The number of rotatable bonds is 2. The lowest BCUT2D eigenvalue weighted by molar-refractivity contribution is 0.415. The van der Waals surface area contributed by atoms with Gasteiger partial charge in [0.15, 0.2) is 5.58 Å². The number of benzene rings is 2. The molecule has 90 valence electrons. The monoisotopic (exact) mass is 243 g/mol. The van der Waals surface area contributed by atoms with Gasteiger partial charge in [0.25, 0.3) is 0 Å². The highest BCUT2D eigenvalue weighted by molar-refractivity contribution is 5.91. The van der Waals surface area contributed by atoms with Gasteiger partial charge in [-0.05, 0) is 24.3 Å². The van der Waals surface area contributed by atoms with Gasteiger partial charge in [-0.3, -0.25) is 0 Å². The Hall–Kier alpha value is -2.36. The predicted molar refractivity (Wildman–Crippen MR) is 66.0 cm³/mol. The van der Waals surface area contributed by atoms with Gasteiger partial charge in [-0.25, -0.2) is 4.39 Å². The molecule has 2 aromatic carbocycles. The van der Waals surface area contributed by atoms with E-state index in [1.54, 1.807) is 13.2 Å². The van der Waals surface area contributed by atoms with Crippen LogP contribution in [0.15, 0.2) is 47.0 Å². The lowest BCUT2D eigenvalue weighted by Gasteiger charge is -2.01. The maximum atomic E-state index is 13.1. The Morgan fingerprint density at radius 1 is 1.17 bits per heavy atom. The smallest absolute Gasteiger partial charge is 0.170 e. The second-order valence-electron chi connectivity index (χ2n) is 3.90. The van der Waals surface area contributed by atoms with Crippen LogP contribution in [0.3, 0.4) is 0 Å². The summed E-state index contributed by atoms with van der Waals surface area (Å²) in [6, 6.07) is 11.9. The minimum absolute atomic E-state index is 0.337. The van der Waals surface area contributed by atoms with Crippen LogP contribution in [0.1, 0.15) is 0 Å². The fourth-order valence-corrected chi connectivity index (χ4v) is 1.89. The Labute approximate surface area is 103 Å². The van der Waals surface area contributed by atoms with Crippen LogP contribution in [0, 0.1) is 5.82 Å². The molecule has 3 rings (SSSR count). The molecule has 0 spiro atoms. The summed E-state index contributed by atoms with van der Waals surface area (Å²) in [5.41, 5.74) is 2.00. The van der Waals surface area contributed by atoms with Gasteiger partial charge in [0.2, 0.25) is 0 Å². The van der Waals surface area contributed by atoms with E-state index in [0.717, 1.165) is 16.7 Å². The zero-order valence-corrected chi connectivity index (χ0v) is 9.68. The molecule has 0 saturated carbocycles. The summed E-state index contributed by atoms with van der Waals surface area (Å²) < 4.78 is 23.4. The van der Waals surface area contributed by atoms with Gasteiger partial charge in [-0.2, -0.15) is 0 Å². The van der Waals surface area contributed by atoms with E-state index in [2.05, 4.69) is 5.16 Å². The van der Waals surface area contributed by atoms with Crippen LogP contribution in [0.5, 0.6) is 5.75 Å². The molecule has 3 nitrogen and oxygen atoms in total. The van der Waals surface area contributed by atoms with Crippen LogP contribution in [0.4, 0.5) is 4.39 Å². The highest BCUT2D eigenvalue weighted by atomic mass is 19.1. The number of hydrogen-bond acceptors (Lipinski definition) is 3. The predicted octanol–water partition coefficient (Wildman–Crippen LogP) is 3.64. The molecule has 0 atom stereocenters. The maximum Gasteiger partial charge on any atom is 0.170 e. The molecule has 0 aliphatic carbocycles. The SMILES string of the molecule is COc1cccc(-c2noc3cc(F)ccc23)c1. The average molecular weight is 243 g/mol. The van der Waals surface area contributed by atoms with Gasteiger partial charge in [0, 0.05) is 17.0 Å². The second kappa shape index (κ2) is 4.14. The second-order valence-corrected chi connectivity index (χ2v) is 3.90. The Bertz CT molecular complexity index is 706. The third-order valence-corrected chi connectivity index (χ3v) is 2.78. The van der Waals surface area contributed by atoms with Crippen LogP contribution in [0.2, 0.25) is 0 Å². The van der Waals surface area contributed by atoms with E-state index in [0.29, 0.717) is 11.3 Å². The summed E-state index contributed by atoms with van der Waals surface area (Å²) in [4.78, 5) is 0. The molecule has 0 unspecified atom stereocenters. The van der Waals surface area contributed by atoms with E-state index in [1.807, 2.05) is 24.3 Å². The Morgan fingerprint density at radius 3 is 2.89 bits per heavy atom. The molecule has 1 heterocycles. The lowest BCUT2D eigenvalue weighted by Crippen LogP contribution is -1.84. The van der Waals surface area contributed by atoms with Crippen LogP contribution in [-0.4, -0.2) is 12.3 Å². The van der Waals surface area contributed by atoms with Gasteiger partial charge in [-0.15, -0.1) is 0 Å². The molecule has 4 heteroatoms. The number of methoxy groups -OCH3 is 1. The first kappa shape index (κ1) is 10.8. The molecule has 0 aliphatic heterocycles. The molecular formula is C14H10FNO2. The zero-order chi connectivity index (χ0) is 12.5. The molecule has 0 fully saturated rings. The van der Waals surface area contributed by atoms with Crippen molar-refractivity contribution in [1.82, 2.24) is 5.16 Å². The van der Waals surface area contributed by atoms with Gasteiger partial charge in [0.1, 0.15) is 17.3 Å². The molecule has 3 aromatic rings. The highest BCUT2D eigenvalue weighted by Crippen LogP contribution is 2.30. The number of fused-ring (bicyclic) bond motifs is 1. The minimum atomic E-state index is -0.337. The maximum absolute atomic E-state index is 13.1. The van der Waals surface area contributed by atoms with E-state index >= 15 is 0 Å². The van der Waals surface area contributed by atoms with Crippen molar-refractivity contribution in [3.05, 3.63) is 48.3 Å². The molecule has 0 N–H and O–H groups in total. The summed E-state index contributed by atoms with van der Waals surface area (Å²) in [5, 5.41) is 4.77. The Morgan fingerprint density at radius 2 is 2.06 bits per heavy atom. The highest BCUT2D eigenvalue weighted by Gasteiger charge is 2.11. The van der Waals surface area contributed by atoms with Crippen molar-refractivity contribution in [2.24, 2.45) is 0 Å². The van der Waals surface area contributed by atoms with Crippen LogP contribution in [-0.2, 0) is 0 Å². The van der Waals surface area contributed by atoms with E-state index in [1.165, 1.54) is 12.1 Å². The number of hydrogen-bond donors (Lipinski definition) is 0. The van der Waals surface area contributed by atoms with Crippen molar-refractivity contribution in [3.63, 3.8) is 0 Å². The molecule has 0 saturated heterocycles. The first-order valence-corrected chi connectivity index (χ1v) is 5.47. The summed E-state index contributed by atoms with van der Waals surface area (Å²) in [6.07, 6.45) is 0. The molecule has 1 aromatic heterocycles.